The molecule has 0 spiro atoms. The minimum absolute atomic E-state index is 0.157. The minimum Gasteiger partial charge on any atom is -0.320 e. The molecule has 1 fully saturated rings. The zero-order chi connectivity index (χ0) is 13.4. The molecule has 0 radical (unpaired) electrons. The maximum atomic E-state index is 12.1. The van der Waals surface area contributed by atoms with Gasteiger partial charge in [-0.15, -0.1) is 0 Å². The number of carbonyl (C=O) groups excluding carboxylic acids is 1. The number of benzene rings is 1. The van der Waals surface area contributed by atoms with Gasteiger partial charge in [0.1, 0.15) is 0 Å². The highest BCUT2D eigenvalue weighted by Gasteiger charge is 2.26. The third kappa shape index (κ3) is 2.52. The van der Waals surface area contributed by atoms with Crippen molar-refractivity contribution in [3.05, 3.63) is 46.8 Å². The van der Waals surface area contributed by atoms with Crippen molar-refractivity contribution in [2.24, 2.45) is 0 Å². The Morgan fingerprint density at radius 2 is 2.11 bits per heavy atom. The third-order valence-electron chi connectivity index (χ3n) is 3.48. The molecule has 0 saturated heterocycles. The van der Waals surface area contributed by atoms with Gasteiger partial charge in [-0.2, -0.15) is 5.10 Å². The van der Waals surface area contributed by atoms with E-state index < -0.39 is 0 Å². The molecule has 1 amide bonds. The molecule has 4 heteroatoms. The number of H-pyrrole nitrogens is 1. The summed E-state index contributed by atoms with van der Waals surface area (Å²) in [4.78, 5) is 12.1. The van der Waals surface area contributed by atoms with Crippen molar-refractivity contribution < 1.29 is 4.79 Å². The van der Waals surface area contributed by atoms with Gasteiger partial charge in [-0.25, -0.2) is 0 Å². The zero-order valence-corrected chi connectivity index (χ0v) is 11.2. The number of hydrogen-bond donors (Lipinski definition) is 2. The van der Waals surface area contributed by atoms with Crippen LogP contribution in [0.15, 0.2) is 24.3 Å². The van der Waals surface area contributed by atoms with Gasteiger partial charge in [0.05, 0.1) is 0 Å². The van der Waals surface area contributed by atoms with Crippen LogP contribution in [-0.4, -0.2) is 16.1 Å². The van der Waals surface area contributed by atoms with Crippen LogP contribution in [0.25, 0.3) is 0 Å². The van der Waals surface area contributed by atoms with E-state index in [1.165, 1.54) is 18.4 Å². The predicted molar refractivity (Wildman–Crippen MR) is 74.4 cm³/mol. The molecule has 0 atom stereocenters. The zero-order valence-electron chi connectivity index (χ0n) is 11.2. The van der Waals surface area contributed by atoms with Crippen molar-refractivity contribution >= 4 is 11.6 Å². The van der Waals surface area contributed by atoms with E-state index in [9.17, 15) is 4.79 Å². The molecule has 1 aliphatic rings. The van der Waals surface area contributed by atoms with E-state index in [0.717, 1.165) is 16.9 Å². The molecule has 2 N–H and O–H groups in total. The van der Waals surface area contributed by atoms with E-state index in [-0.39, 0.29) is 5.91 Å². The number of rotatable bonds is 3. The first kappa shape index (κ1) is 12.0. The monoisotopic (exact) mass is 255 g/mol. The summed E-state index contributed by atoms with van der Waals surface area (Å²) in [5, 5.41) is 9.94. The highest BCUT2D eigenvalue weighted by molar-refractivity contribution is 6.03. The molecule has 1 aliphatic carbocycles. The number of carbonyl (C=O) groups is 1. The van der Waals surface area contributed by atoms with Gasteiger partial charge >= 0.3 is 0 Å². The summed E-state index contributed by atoms with van der Waals surface area (Å²) in [7, 11) is 0. The van der Waals surface area contributed by atoms with Crippen molar-refractivity contribution in [3.63, 3.8) is 0 Å². The van der Waals surface area contributed by atoms with Gasteiger partial charge < -0.3 is 5.32 Å². The summed E-state index contributed by atoms with van der Waals surface area (Å²) in [6.07, 6.45) is 2.39. The summed E-state index contributed by atoms with van der Waals surface area (Å²) in [5.41, 5.74) is 4.62. The molecule has 19 heavy (non-hydrogen) atoms. The average molecular weight is 255 g/mol. The van der Waals surface area contributed by atoms with Crippen molar-refractivity contribution in [2.45, 2.75) is 32.6 Å². The van der Waals surface area contributed by atoms with Crippen LogP contribution in [0.5, 0.6) is 0 Å². The van der Waals surface area contributed by atoms with Crippen LogP contribution in [0.1, 0.15) is 46.1 Å². The van der Waals surface area contributed by atoms with Gasteiger partial charge in [0, 0.05) is 17.3 Å². The Labute approximate surface area is 112 Å². The van der Waals surface area contributed by atoms with Crippen LogP contribution < -0.4 is 5.32 Å². The predicted octanol–water partition coefficient (Wildman–Crippen LogP) is 3.16. The second-order valence-corrected chi connectivity index (χ2v) is 5.26. The molecule has 4 nitrogen and oxygen atoms in total. The van der Waals surface area contributed by atoms with Gasteiger partial charge in [0.25, 0.3) is 5.91 Å². The van der Waals surface area contributed by atoms with Gasteiger partial charge in [-0.05, 0) is 44.4 Å². The van der Waals surface area contributed by atoms with Gasteiger partial charge in [-0.3, -0.25) is 9.89 Å². The molecule has 1 heterocycles. The Bertz CT molecular complexity index is 626. The van der Waals surface area contributed by atoms with Crippen molar-refractivity contribution in [2.75, 3.05) is 5.32 Å². The van der Waals surface area contributed by atoms with Crippen LogP contribution >= 0.6 is 0 Å². The fourth-order valence-electron chi connectivity index (χ4n) is 2.20. The molecule has 1 saturated carbocycles. The number of aryl methyl sites for hydroxylation is 2. The van der Waals surface area contributed by atoms with Crippen LogP contribution in [0.4, 0.5) is 5.69 Å². The van der Waals surface area contributed by atoms with Gasteiger partial charge in [0.2, 0.25) is 0 Å². The number of aromatic amines is 1. The lowest BCUT2D eigenvalue weighted by atomic mass is 10.1. The van der Waals surface area contributed by atoms with Crippen LogP contribution in [0.3, 0.4) is 0 Å². The SMILES string of the molecule is Cc1ccc(NC(=O)c2cc(C3CC3)[nH]n2)c(C)c1. The first-order chi connectivity index (χ1) is 9.13. The van der Waals surface area contributed by atoms with E-state index >= 15 is 0 Å². The second kappa shape index (κ2) is 4.53. The molecule has 2 aromatic rings. The standard InChI is InChI=1S/C15H17N3O/c1-9-3-6-12(10(2)7-9)16-15(19)14-8-13(17-18-14)11-4-5-11/h3,6-8,11H,4-5H2,1-2H3,(H,16,19)(H,17,18). The molecule has 0 unspecified atom stereocenters. The van der Waals surface area contributed by atoms with Crippen LogP contribution in [0, 0.1) is 13.8 Å². The van der Waals surface area contributed by atoms with Crippen molar-refractivity contribution in [3.8, 4) is 0 Å². The van der Waals surface area contributed by atoms with Crippen LogP contribution in [0.2, 0.25) is 0 Å². The Morgan fingerprint density at radius 3 is 2.79 bits per heavy atom. The second-order valence-electron chi connectivity index (χ2n) is 5.26. The van der Waals surface area contributed by atoms with Gasteiger partial charge in [0.15, 0.2) is 5.69 Å². The smallest absolute Gasteiger partial charge is 0.276 e. The van der Waals surface area contributed by atoms with Gasteiger partial charge in [-0.1, -0.05) is 17.7 Å². The minimum atomic E-state index is -0.157. The lowest BCUT2D eigenvalue weighted by Gasteiger charge is -2.07. The van der Waals surface area contributed by atoms with Crippen molar-refractivity contribution in [1.82, 2.24) is 10.2 Å². The van der Waals surface area contributed by atoms with Crippen molar-refractivity contribution in [1.29, 1.82) is 0 Å². The first-order valence-electron chi connectivity index (χ1n) is 6.57. The number of amides is 1. The maximum absolute atomic E-state index is 12.1. The Kier molecular flexibility index (Phi) is 2.85. The molecule has 98 valence electrons. The average Bonchev–Trinajstić information content (AvgIpc) is 3.10. The van der Waals surface area contributed by atoms with E-state index in [2.05, 4.69) is 21.6 Å². The number of aromatic nitrogens is 2. The largest absolute Gasteiger partial charge is 0.320 e. The van der Waals surface area contributed by atoms with E-state index in [4.69, 9.17) is 0 Å². The van der Waals surface area contributed by atoms with Crippen LogP contribution in [-0.2, 0) is 0 Å². The maximum Gasteiger partial charge on any atom is 0.276 e. The van der Waals surface area contributed by atoms with E-state index in [0.29, 0.717) is 11.6 Å². The summed E-state index contributed by atoms with van der Waals surface area (Å²) < 4.78 is 0. The number of nitrogens with zero attached hydrogens (tertiary/aromatic N) is 1. The molecule has 3 rings (SSSR count). The quantitative estimate of drug-likeness (QED) is 0.885. The molecule has 0 bridgehead atoms. The molecule has 1 aromatic heterocycles. The summed E-state index contributed by atoms with van der Waals surface area (Å²) >= 11 is 0. The highest BCUT2D eigenvalue weighted by Crippen LogP contribution is 2.39. The molecule has 1 aromatic carbocycles. The summed E-state index contributed by atoms with van der Waals surface area (Å²) in [5.74, 6) is 0.422. The number of anilines is 1. The van der Waals surface area contributed by atoms with E-state index in [1.54, 1.807) is 0 Å². The fraction of sp³-hybridized carbons (Fsp3) is 0.333. The normalized spacial score (nSPS) is 14.4. The summed E-state index contributed by atoms with van der Waals surface area (Å²) in [6.45, 7) is 4.02. The third-order valence-corrected chi connectivity index (χ3v) is 3.48. The molecule has 0 aliphatic heterocycles. The summed E-state index contributed by atoms with van der Waals surface area (Å²) in [6, 6.07) is 7.83. The number of hydrogen-bond acceptors (Lipinski definition) is 2. The lowest BCUT2D eigenvalue weighted by Crippen LogP contribution is -2.13. The number of nitrogens with one attached hydrogen (secondary N) is 2. The lowest BCUT2D eigenvalue weighted by molar-refractivity contribution is 0.102. The molecular formula is C15H17N3O. The Balaban J connectivity index is 1.76. The fourth-order valence-corrected chi connectivity index (χ4v) is 2.20. The topological polar surface area (TPSA) is 57.8 Å². The Hall–Kier alpha value is -2.10. The molecular weight excluding hydrogens is 238 g/mol. The first-order valence-corrected chi connectivity index (χ1v) is 6.57. The highest BCUT2D eigenvalue weighted by atomic mass is 16.1. The Morgan fingerprint density at radius 1 is 1.32 bits per heavy atom. The van der Waals surface area contributed by atoms with E-state index in [1.807, 2.05) is 32.0 Å².